The molecule has 3 aromatic rings. The highest BCUT2D eigenvalue weighted by atomic mass is 35.5. The summed E-state index contributed by atoms with van der Waals surface area (Å²) in [6, 6.07) is 18.7. The zero-order valence-electron chi connectivity index (χ0n) is 19.0. The Hall–Kier alpha value is -2.69. The minimum Gasteiger partial charge on any atom is -0.328 e. The maximum atomic E-state index is 13.9. The summed E-state index contributed by atoms with van der Waals surface area (Å²) in [6.45, 7) is 4.44. The molecular formula is C28H28ClFN2O. The molecule has 1 atom stereocenters. The molecule has 0 radical (unpaired) electrons. The minimum atomic E-state index is -0.387. The molecule has 0 saturated carbocycles. The van der Waals surface area contributed by atoms with Gasteiger partial charge in [0.1, 0.15) is 5.82 Å². The number of rotatable bonds is 4. The van der Waals surface area contributed by atoms with Gasteiger partial charge in [-0.25, -0.2) is 4.39 Å². The Morgan fingerprint density at radius 2 is 1.73 bits per heavy atom. The first kappa shape index (κ1) is 22.1. The number of likely N-dealkylation sites (tertiary alicyclic amines) is 1. The lowest BCUT2D eigenvalue weighted by atomic mass is 9.67. The normalized spacial score (nSPS) is 19.7. The smallest absolute Gasteiger partial charge is 0.251 e. The van der Waals surface area contributed by atoms with E-state index in [4.69, 9.17) is 11.6 Å². The first-order chi connectivity index (χ1) is 15.9. The first-order valence-corrected chi connectivity index (χ1v) is 11.9. The third kappa shape index (κ3) is 3.85. The van der Waals surface area contributed by atoms with Crippen molar-refractivity contribution in [3.05, 3.63) is 94.3 Å². The van der Waals surface area contributed by atoms with Gasteiger partial charge in [-0.15, -0.1) is 0 Å². The molecule has 1 unspecified atom stereocenters. The van der Waals surface area contributed by atoms with Crippen molar-refractivity contribution >= 4 is 28.3 Å². The largest absolute Gasteiger partial charge is 0.328 e. The Kier molecular flexibility index (Phi) is 5.75. The summed E-state index contributed by atoms with van der Waals surface area (Å²) in [5.41, 5.74) is 2.54. The van der Waals surface area contributed by atoms with Crippen LogP contribution in [-0.4, -0.2) is 42.4 Å². The van der Waals surface area contributed by atoms with Gasteiger partial charge in [0.05, 0.1) is 6.04 Å². The summed E-state index contributed by atoms with van der Waals surface area (Å²) >= 11 is 6.44. The molecule has 1 amide bonds. The van der Waals surface area contributed by atoms with Crippen LogP contribution < -0.4 is 0 Å². The molecule has 5 rings (SSSR count). The minimum absolute atomic E-state index is 0.0698. The lowest BCUT2D eigenvalue weighted by Crippen LogP contribution is -2.45. The highest BCUT2D eigenvalue weighted by Crippen LogP contribution is 2.45. The summed E-state index contributed by atoms with van der Waals surface area (Å²) < 4.78 is 13.7. The van der Waals surface area contributed by atoms with Crippen LogP contribution in [0.4, 0.5) is 4.39 Å². The van der Waals surface area contributed by atoms with Gasteiger partial charge in [-0.3, -0.25) is 4.79 Å². The second-order valence-electron chi connectivity index (χ2n) is 9.36. The molecule has 0 aliphatic carbocycles. The van der Waals surface area contributed by atoms with Crippen molar-refractivity contribution in [2.45, 2.75) is 31.2 Å². The fourth-order valence-electron chi connectivity index (χ4n) is 5.55. The molecule has 5 heteroatoms. The number of fused-ring (bicyclic) bond motifs is 1. The van der Waals surface area contributed by atoms with E-state index in [0.717, 1.165) is 53.4 Å². The van der Waals surface area contributed by atoms with E-state index in [2.05, 4.69) is 37.1 Å². The van der Waals surface area contributed by atoms with E-state index in [1.165, 1.54) is 12.1 Å². The Morgan fingerprint density at radius 1 is 1.03 bits per heavy atom. The number of hydrogen-bond donors (Lipinski definition) is 0. The maximum Gasteiger partial charge on any atom is 0.251 e. The van der Waals surface area contributed by atoms with Crippen LogP contribution in [0.25, 0.3) is 10.8 Å². The molecule has 1 saturated heterocycles. The molecule has 33 heavy (non-hydrogen) atoms. The lowest BCUT2D eigenvalue weighted by molar-refractivity contribution is -0.128. The molecule has 0 N–H and O–H groups in total. The van der Waals surface area contributed by atoms with Gasteiger partial charge >= 0.3 is 0 Å². The van der Waals surface area contributed by atoms with Gasteiger partial charge in [0, 0.05) is 22.6 Å². The highest BCUT2D eigenvalue weighted by Gasteiger charge is 2.45. The number of carbonyl (C=O) groups excluding carboxylic acids is 1. The Balaban J connectivity index is 1.50. The number of piperidine rings is 1. The van der Waals surface area contributed by atoms with Crippen molar-refractivity contribution in [1.82, 2.24) is 9.80 Å². The van der Waals surface area contributed by atoms with Crippen molar-refractivity contribution in [2.24, 2.45) is 0 Å². The van der Waals surface area contributed by atoms with Crippen LogP contribution >= 0.6 is 11.6 Å². The number of benzene rings is 3. The van der Waals surface area contributed by atoms with E-state index in [9.17, 15) is 9.18 Å². The predicted molar refractivity (Wildman–Crippen MR) is 132 cm³/mol. The fourth-order valence-corrected chi connectivity index (χ4v) is 5.78. The number of hydrogen-bond acceptors (Lipinski definition) is 2. The van der Waals surface area contributed by atoms with Gasteiger partial charge in [0.15, 0.2) is 0 Å². The standard InChI is InChI=1S/C28H28ClFN2O/c1-19(25-18-22(29)17-20-5-3-4-6-24(20)25)32-14-11-26(27(32)33)28(12-15-31(2)16-13-28)21-7-9-23(30)10-8-21/h3-11,17-19H,12-16H2,1-2H3. The quantitative estimate of drug-likeness (QED) is 0.466. The summed E-state index contributed by atoms with van der Waals surface area (Å²) in [4.78, 5) is 18.1. The summed E-state index contributed by atoms with van der Waals surface area (Å²) in [7, 11) is 2.11. The molecule has 2 heterocycles. The van der Waals surface area contributed by atoms with Crippen LogP contribution in [0.1, 0.15) is 36.9 Å². The Morgan fingerprint density at radius 3 is 2.45 bits per heavy atom. The second-order valence-corrected chi connectivity index (χ2v) is 9.80. The summed E-state index contributed by atoms with van der Waals surface area (Å²) in [5.74, 6) is -0.183. The van der Waals surface area contributed by atoms with Crippen LogP contribution in [0.15, 0.2) is 72.3 Å². The van der Waals surface area contributed by atoms with Crippen LogP contribution in [-0.2, 0) is 10.2 Å². The van der Waals surface area contributed by atoms with E-state index < -0.39 is 0 Å². The van der Waals surface area contributed by atoms with Crippen LogP contribution in [0, 0.1) is 5.82 Å². The van der Waals surface area contributed by atoms with Crippen LogP contribution in [0.2, 0.25) is 5.02 Å². The van der Waals surface area contributed by atoms with E-state index in [1.54, 1.807) is 0 Å². The third-order valence-corrected chi connectivity index (χ3v) is 7.73. The van der Waals surface area contributed by atoms with Gasteiger partial charge < -0.3 is 9.80 Å². The zero-order valence-corrected chi connectivity index (χ0v) is 19.8. The molecule has 170 valence electrons. The Labute approximate surface area is 199 Å². The second kappa shape index (κ2) is 8.58. The van der Waals surface area contributed by atoms with Crippen molar-refractivity contribution in [3.63, 3.8) is 0 Å². The van der Waals surface area contributed by atoms with Gasteiger partial charge in [0.25, 0.3) is 5.91 Å². The zero-order chi connectivity index (χ0) is 23.2. The van der Waals surface area contributed by atoms with Crippen molar-refractivity contribution < 1.29 is 9.18 Å². The molecule has 3 nitrogen and oxygen atoms in total. The molecule has 0 spiro atoms. The number of halogens is 2. The van der Waals surface area contributed by atoms with Crippen molar-refractivity contribution in [3.8, 4) is 0 Å². The summed E-state index contributed by atoms with van der Waals surface area (Å²) in [5, 5.41) is 2.86. The average Bonchev–Trinajstić information content (AvgIpc) is 3.21. The van der Waals surface area contributed by atoms with Crippen LogP contribution in [0.3, 0.4) is 0 Å². The molecule has 2 aliphatic rings. The highest BCUT2D eigenvalue weighted by molar-refractivity contribution is 6.31. The molecule has 3 aromatic carbocycles. The fraction of sp³-hybridized carbons (Fsp3) is 0.321. The molecule has 0 bridgehead atoms. The number of carbonyl (C=O) groups is 1. The first-order valence-electron chi connectivity index (χ1n) is 11.5. The van der Waals surface area contributed by atoms with E-state index in [0.29, 0.717) is 11.6 Å². The molecule has 0 aromatic heterocycles. The van der Waals surface area contributed by atoms with E-state index >= 15 is 0 Å². The maximum absolute atomic E-state index is 13.9. The Bertz CT molecular complexity index is 1230. The lowest BCUT2D eigenvalue weighted by Gasteiger charge is -2.42. The molecular weight excluding hydrogens is 435 g/mol. The van der Waals surface area contributed by atoms with Crippen molar-refractivity contribution in [1.29, 1.82) is 0 Å². The summed E-state index contributed by atoms with van der Waals surface area (Å²) in [6.07, 6.45) is 3.78. The number of amides is 1. The van der Waals surface area contributed by atoms with E-state index in [-0.39, 0.29) is 23.2 Å². The van der Waals surface area contributed by atoms with Gasteiger partial charge in [-0.05, 0) is 86.1 Å². The molecule has 1 fully saturated rings. The van der Waals surface area contributed by atoms with Gasteiger partial charge in [-0.2, -0.15) is 0 Å². The SMILES string of the molecule is CC(c1cc(Cl)cc2ccccc12)N1CC=C(C2(c3ccc(F)cc3)CCN(C)CC2)C1=O. The third-order valence-electron chi connectivity index (χ3n) is 7.51. The van der Waals surface area contributed by atoms with Crippen LogP contribution in [0.5, 0.6) is 0 Å². The average molecular weight is 463 g/mol. The number of nitrogens with zero attached hydrogens (tertiary/aromatic N) is 2. The monoisotopic (exact) mass is 462 g/mol. The van der Waals surface area contributed by atoms with Crippen molar-refractivity contribution in [2.75, 3.05) is 26.7 Å². The predicted octanol–water partition coefficient (Wildman–Crippen LogP) is 6.13. The van der Waals surface area contributed by atoms with Gasteiger partial charge in [0.2, 0.25) is 0 Å². The molecule has 2 aliphatic heterocycles. The van der Waals surface area contributed by atoms with Gasteiger partial charge in [-0.1, -0.05) is 54.1 Å². The topological polar surface area (TPSA) is 23.6 Å². The van der Waals surface area contributed by atoms with E-state index in [1.807, 2.05) is 41.3 Å².